The SMILES string of the molecule is O=C(NCc1ccccn1)c1cnc(C(=O)CO)c(O)c1CO. The topological polar surface area (TPSA) is 133 Å². The van der Waals surface area contributed by atoms with Crippen LogP contribution in [0.4, 0.5) is 0 Å². The lowest BCUT2D eigenvalue weighted by molar-refractivity contribution is 0.0891. The fraction of sp³-hybridized carbons (Fsp3) is 0.200. The van der Waals surface area contributed by atoms with Crippen molar-refractivity contribution < 1.29 is 24.9 Å². The molecule has 120 valence electrons. The van der Waals surface area contributed by atoms with Gasteiger partial charge < -0.3 is 20.6 Å². The molecule has 0 atom stereocenters. The molecule has 0 spiro atoms. The van der Waals surface area contributed by atoms with E-state index in [9.17, 15) is 19.8 Å². The standard InChI is InChI=1S/C15H15N3O5/c19-7-11-10(6-17-13(14(11)22)12(21)8-20)15(23)18-5-9-3-1-2-4-16-9/h1-4,6,19-20,22H,5,7-8H2,(H,18,23). The Morgan fingerprint density at radius 3 is 2.57 bits per heavy atom. The molecule has 0 fully saturated rings. The molecule has 2 aromatic rings. The number of nitrogens with zero attached hydrogens (tertiary/aromatic N) is 2. The van der Waals surface area contributed by atoms with Crippen molar-refractivity contribution in [3.63, 3.8) is 0 Å². The van der Waals surface area contributed by atoms with Crippen molar-refractivity contribution in [2.45, 2.75) is 13.2 Å². The minimum atomic E-state index is -0.837. The number of ketones is 1. The molecule has 2 heterocycles. The van der Waals surface area contributed by atoms with Crippen LogP contribution in [-0.2, 0) is 13.2 Å². The van der Waals surface area contributed by atoms with E-state index in [0.717, 1.165) is 6.20 Å². The Morgan fingerprint density at radius 2 is 1.96 bits per heavy atom. The first-order valence-corrected chi connectivity index (χ1v) is 6.72. The van der Waals surface area contributed by atoms with E-state index in [1.807, 2.05) is 0 Å². The van der Waals surface area contributed by atoms with Gasteiger partial charge in [0.15, 0.2) is 11.4 Å². The summed E-state index contributed by atoms with van der Waals surface area (Å²) in [5.41, 5.74) is 0.0548. The van der Waals surface area contributed by atoms with Crippen LogP contribution < -0.4 is 5.32 Å². The summed E-state index contributed by atoms with van der Waals surface area (Å²) in [4.78, 5) is 31.3. The van der Waals surface area contributed by atoms with Crippen molar-refractivity contribution in [3.05, 3.63) is 53.1 Å². The highest BCUT2D eigenvalue weighted by atomic mass is 16.3. The molecule has 0 unspecified atom stereocenters. The summed E-state index contributed by atoms with van der Waals surface area (Å²) in [6.45, 7) is -1.34. The minimum absolute atomic E-state index is 0.0598. The number of Topliss-reactive ketones (excluding diaryl/α,β-unsaturated/α-hetero) is 1. The van der Waals surface area contributed by atoms with Gasteiger partial charge in [0.2, 0.25) is 5.78 Å². The van der Waals surface area contributed by atoms with E-state index < -0.39 is 36.3 Å². The first-order valence-electron chi connectivity index (χ1n) is 6.72. The van der Waals surface area contributed by atoms with E-state index in [2.05, 4.69) is 15.3 Å². The zero-order valence-electron chi connectivity index (χ0n) is 12.1. The summed E-state index contributed by atoms with van der Waals surface area (Å²) in [6, 6.07) is 5.25. The first kappa shape index (κ1) is 16.5. The van der Waals surface area contributed by atoms with Gasteiger partial charge in [-0.25, -0.2) is 4.98 Å². The van der Waals surface area contributed by atoms with Crippen LogP contribution in [0.5, 0.6) is 5.75 Å². The molecule has 23 heavy (non-hydrogen) atoms. The second kappa shape index (κ2) is 7.43. The second-order valence-corrected chi connectivity index (χ2v) is 4.59. The minimum Gasteiger partial charge on any atom is -0.505 e. The van der Waals surface area contributed by atoms with Crippen LogP contribution in [0, 0.1) is 0 Å². The third-order valence-electron chi connectivity index (χ3n) is 3.12. The number of aliphatic hydroxyl groups is 2. The molecular formula is C15H15N3O5. The number of carbonyl (C=O) groups is 2. The van der Waals surface area contributed by atoms with Crippen molar-refractivity contribution in [1.82, 2.24) is 15.3 Å². The van der Waals surface area contributed by atoms with Gasteiger partial charge in [-0.05, 0) is 12.1 Å². The third kappa shape index (κ3) is 3.68. The largest absolute Gasteiger partial charge is 0.505 e. The van der Waals surface area contributed by atoms with Gasteiger partial charge in [-0.15, -0.1) is 0 Å². The molecule has 0 aromatic carbocycles. The van der Waals surface area contributed by atoms with E-state index in [1.165, 1.54) is 0 Å². The van der Waals surface area contributed by atoms with Crippen LogP contribution >= 0.6 is 0 Å². The molecule has 0 saturated heterocycles. The van der Waals surface area contributed by atoms with E-state index >= 15 is 0 Å². The molecule has 0 saturated carbocycles. The lowest BCUT2D eigenvalue weighted by Crippen LogP contribution is -2.25. The maximum absolute atomic E-state index is 12.2. The Balaban J connectivity index is 2.23. The third-order valence-corrected chi connectivity index (χ3v) is 3.12. The lowest BCUT2D eigenvalue weighted by atomic mass is 10.1. The number of hydrogen-bond acceptors (Lipinski definition) is 7. The molecule has 0 aliphatic carbocycles. The molecule has 0 bridgehead atoms. The van der Waals surface area contributed by atoms with Gasteiger partial charge in [-0.1, -0.05) is 6.07 Å². The molecule has 2 aromatic heterocycles. The van der Waals surface area contributed by atoms with Gasteiger partial charge in [0.25, 0.3) is 5.91 Å². The van der Waals surface area contributed by atoms with E-state index in [4.69, 9.17) is 5.11 Å². The summed E-state index contributed by atoms with van der Waals surface area (Å²) >= 11 is 0. The first-order chi connectivity index (χ1) is 11.1. The van der Waals surface area contributed by atoms with Crippen LogP contribution in [0.15, 0.2) is 30.6 Å². The zero-order valence-corrected chi connectivity index (χ0v) is 12.1. The second-order valence-electron chi connectivity index (χ2n) is 4.59. The van der Waals surface area contributed by atoms with Gasteiger partial charge in [0.1, 0.15) is 6.61 Å². The van der Waals surface area contributed by atoms with Gasteiger partial charge in [-0.2, -0.15) is 0 Å². The Bertz CT molecular complexity index is 719. The zero-order chi connectivity index (χ0) is 16.8. The average Bonchev–Trinajstić information content (AvgIpc) is 2.59. The van der Waals surface area contributed by atoms with Crippen molar-refractivity contribution in [3.8, 4) is 5.75 Å². The molecule has 2 rings (SSSR count). The number of aromatic nitrogens is 2. The number of rotatable bonds is 6. The monoisotopic (exact) mass is 317 g/mol. The molecule has 0 radical (unpaired) electrons. The van der Waals surface area contributed by atoms with Crippen molar-refractivity contribution in [2.24, 2.45) is 0 Å². The van der Waals surface area contributed by atoms with Crippen LogP contribution in [0.2, 0.25) is 0 Å². The summed E-state index contributed by atoms with van der Waals surface area (Å²) in [5, 5.41) is 30.7. The molecule has 4 N–H and O–H groups in total. The quantitative estimate of drug-likeness (QED) is 0.541. The molecule has 0 aliphatic rings. The van der Waals surface area contributed by atoms with Crippen LogP contribution in [0.3, 0.4) is 0 Å². The van der Waals surface area contributed by atoms with E-state index in [1.54, 1.807) is 24.4 Å². The van der Waals surface area contributed by atoms with Crippen LogP contribution in [-0.4, -0.2) is 43.6 Å². The van der Waals surface area contributed by atoms with Crippen LogP contribution in [0.1, 0.15) is 32.1 Å². The lowest BCUT2D eigenvalue weighted by Gasteiger charge is -2.11. The van der Waals surface area contributed by atoms with Crippen molar-refractivity contribution in [2.75, 3.05) is 6.61 Å². The number of aromatic hydroxyl groups is 1. The van der Waals surface area contributed by atoms with Crippen molar-refractivity contribution in [1.29, 1.82) is 0 Å². The van der Waals surface area contributed by atoms with Gasteiger partial charge in [0, 0.05) is 18.0 Å². The normalized spacial score (nSPS) is 10.3. The Kier molecular flexibility index (Phi) is 5.34. The summed E-state index contributed by atoms with van der Waals surface area (Å²) < 4.78 is 0. The summed E-state index contributed by atoms with van der Waals surface area (Å²) in [7, 11) is 0. The van der Waals surface area contributed by atoms with Crippen molar-refractivity contribution >= 4 is 11.7 Å². The fourth-order valence-corrected chi connectivity index (χ4v) is 1.94. The van der Waals surface area contributed by atoms with E-state index in [-0.39, 0.29) is 17.7 Å². The molecular weight excluding hydrogens is 302 g/mol. The average molecular weight is 317 g/mol. The number of amides is 1. The van der Waals surface area contributed by atoms with Crippen LogP contribution in [0.25, 0.3) is 0 Å². The molecule has 1 amide bonds. The highest BCUT2D eigenvalue weighted by Gasteiger charge is 2.21. The van der Waals surface area contributed by atoms with Gasteiger partial charge in [-0.3, -0.25) is 14.6 Å². The predicted molar refractivity (Wildman–Crippen MR) is 78.6 cm³/mol. The number of aliphatic hydroxyl groups excluding tert-OH is 2. The maximum Gasteiger partial charge on any atom is 0.253 e. The highest BCUT2D eigenvalue weighted by Crippen LogP contribution is 2.24. The predicted octanol–water partition coefficient (Wildman–Crippen LogP) is -0.220. The Hall–Kier alpha value is -2.84. The number of carbonyl (C=O) groups excluding carboxylic acids is 2. The molecule has 8 heteroatoms. The number of hydrogen-bond donors (Lipinski definition) is 4. The number of nitrogens with one attached hydrogen (secondary N) is 1. The van der Waals surface area contributed by atoms with E-state index in [0.29, 0.717) is 5.69 Å². The smallest absolute Gasteiger partial charge is 0.253 e. The molecule has 8 nitrogen and oxygen atoms in total. The summed E-state index contributed by atoms with van der Waals surface area (Å²) in [6.07, 6.45) is 2.66. The number of pyridine rings is 2. The fourth-order valence-electron chi connectivity index (χ4n) is 1.94. The maximum atomic E-state index is 12.2. The van der Waals surface area contributed by atoms with Gasteiger partial charge in [0.05, 0.1) is 24.4 Å². The summed E-state index contributed by atoms with van der Waals surface area (Å²) in [5.74, 6) is -2.00. The highest BCUT2D eigenvalue weighted by molar-refractivity contribution is 6.01. The Morgan fingerprint density at radius 1 is 1.17 bits per heavy atom. The Labute approximate surface area is 131 Å². The van der Waals surface area contributed by atoms with Gasteiger partial charge >= 0.3 is 0 Å². The molecule has 0 aliphatic heterocycles.